The summed E-state index contributed by atoms with van der Waals surface area (Å²) >= 11 is 1.61. The minimum Gasteiger partial charge on any atom is -0.308 e. The molecule has 0 saturated heterocycles. The van der Waals surface area contributed by atoms with E-state index >= 15 is 0 Å². The Kier molecular flexibility index (Phi) is 7.15. The lowest BCUT2D eigenvalue weighted by Crippen LogP contribution is -2.10. The van der Waals surface area contributed by atoms with Crippen molar-refractivity contribution in [2.24, 2.45) is 0 Å². The maximum Gasteiger partial charge on any atom is 0.160 e. The number of fused-ring (bicyclic) bond motifs is 6. The third kappa shape index (κ3) is 5.04. The Morgan fingerprint density at radius 3 is 1.82 bits per heavy atom. The molecule has 3 aromatic heterocycles. The molecule has 0 fully saturated rings. The Morgan fingerprint density at radius 2 is 1.22 bits per heavy atom. The van der Waals surface area contributed by atoms with Crippen LogP contribution in [0, 0.1) is 22.7 Å². The summed E-state index contributed by atoms with van der Waals surface area (Å²) in [4.78, 5) is 10.2. The average Bonchev–Trinajstić information content (AvgIpc) is 3.65. The molecule has 0 N–H and O–H groups in total. The standard InChI is InChI=1S/C44H35N5S/c1-43(2,3)29-16-18-35-33(22-29)34-23-30(44(4,5)6)17-19-36(34)49(35)37-21-27(24-45)32(20-28(37)25-46)40-41-39(31-14-10-11-15-38(31)50-41)47-42(48-40)26-12-8-7-9-13-26/h7-23H,1-6H3. The summed E-state index contributed by atoms with van der Waals surface area (Å²) in [6.07, 6.45) is 0. The van der Waals surface area contributed by atoms with E-state index in [1.807, 2.05) is 54.6 Å². The van der Waals surface area contributed by atoms with Gasteiger partial charge >= 0.3 is 0 Å². The number of hydrogen-bond acceptors (Lipinski definition) is 5. The quantitative estimate of drug-likeness (QED) is 0.188. The first kappa shape index (κ1) is 31.4. The fraction of sp³-hybridized carbons (Fsp3) is 0.182. The minimum absolute atomic E-state index is 0.0359. The molecule has 8 aromatic rings. The lowest BCUT2D eigenvalue weighted by atomic mass is 9.85. The van der Waals surface area contributed by atoms with Gasteiger partial charge in [0.25, 0.3) is 0 Å². The first-order valence-electron chi connectivity index (χ1n) is 16.8. The van der Waals surface area contributed by atoms with Gasteiger partial charge in [-0.15, -0.1) is 11.3 Å². The summed E-state index contributed by atoms with van der Waals surface area (Å²) in [6, 6.07) is 40.0. The fourth-order valence-electron chi connectivity index (χ4n) is 6.86. The molecule has 0 aliphatic heterocycles. The zero-order valence-corrected chi connectivity index (χ0v) is 29.8. The number of aromatic nitrogens is 3. The molecule has 0 aliphatic carbocycles. The number of hydrogen-bond donors (Lipinski definition) is 0. The summed E-state index contributed by atoms with van der Waals surface area (Å²) in [5, 5.41) is 24.8. The van der Waals surface area contributed by atoms with Crippen LogP contribution in [0.1, 0.15) is 63.8 Å². The van der Waals surface area contributed by atoms with Crippen LogP contribution in [-0.2, 0) is 10.8 Å². The summed E-state index contributed by atoms with van der Waals surface area (Å²) in [6.45, 7) is 13.4. The van der Waals surface area contributed by atoms with Crippen molar-refractivity contribution in [1.29, 1.82) is 10.5 Å². The molecule has 0 spiro atoms. The molecular formula is C44H35N5S. The van der Waals surface area contributed by atoms with Gasteiger partial charge in [0, 0.05) is 32.0 Å². The van der Waals surface area contributed by atoms with Crippen molar-refractivity contribution in [2.75, 3.05) is 0 Å². The van der Waals surface area contributed by atoms with Gasteiger partial charge in [0.05, 0.1) is 49.8 Å². The van der Waals surface area contributed by atoms with Crippen molar-refractivity contribution >= 4 is 53.4 Å². The van der Waals surface area contributed by atoms with Gasteiger partial charge in [-0.25, -0.2) is 9.97 Å². The van der Waals surface area contributed by atoms with Crippen LogP contribution in [0.2, 0.25) is 0 Å². The molecule has 5 nitrogen and oxygen atoms in total. The molecule has 0 amide bonds. The first-order valence-corrected chi connectivity index (χ1v) is 17.6. The molecule has 0 saturated carbocycles. The molecule has 8 rings (SSSR count). The smallest absolute Gasteiger partial charge is 0.160 e. The summed E-state index contributed by atoms with van der Waals surface area (Å²) in [5.41, 5.74) is 8.98. The van der Waals surface area contributed by atoms with Crippen LogP contribution in [-0.4, -0.2) is 14.5 Å². The third-order valence-corrected chi connectivity index (χ3v) is 10.8. The highest BCUT2D eigenvalue weighted by Gasteiger charge is 2.25. The topological polar surface area (TPSA) is 78.3 Å². The Hall–Kier alpha value is -5.82. The maximum atomic E-state index is 10.8. The largest absolute Gasteiger partial charge is 0.308 e. The van der Waals surface area contributed by atoms with Crippen molar-refractivity contribution in [3.05, 3.63) is 125 Å². The van der Waals surface area contributed by atoms with Crippen LogP contribution in [0.25, 0.3) is 70.4 Å². The second kappa shape index (κ2) is 11.4. The van der Waals surface area contributed by atoms with Gasteiger partial charge in [0.1, 0.15) is 6.07 Å². The monoisotopic (exact) mass is 665 g/mol. The highest BCUT2D eigenvalue weighted by atomic mass is 32.1. The summed E-state index contributed by atoms with van der Waals surface area (Å²) in [7, 11) is 0. The zero-order valence-electron chi connectivity index (χ0n) is 29.0. The van der Waals surface area contributed by atoms with E-state index in [9.17, 15) is 10.5 Å². The number of nitrogens with zero attached hydrogens (tertiary/aromatic N) is 5. The van der Waals surface area contributed by atoms with Crippen LogP contribution in [0.4, 0.5) is 0 Å². The highest BCUT2D eigenvalue weighted by Crippen LogP contribution is 2.43. The van der Waals surface area contributed by atoms with Crippen molar-refractivity contribution in [2.45, 2.75) is 52.4 Å². The van der Waals surface area contributed by atoms with E-state index in [-0.39, 0.29) is 10.8 Å². The molecule has 50 heavy (non-hydrogen) atoms. The molecule has 3 heterocycles. The molecule has 0 aliphatic rings. The van der Waals surface area contributed by atoms with E-state index in [2.05, 4.69) is 107 Å². The second-order valence-electron chi connectivity index (χ2n) is 15.0. The Balaban J connectivity index is 1.43. The maximum absolute atomic E-state index is 10.8. The minimum atomic E-state index is -0.0359. The highest BCUT2D eigenvalue weighted by molar-refractivity contribution is 7.26. The lowest BCUT2D eigenvalue weighted by Gasteiger charge is -2.19. The number of benzene rings is 5. The Labute approximate surface area is 295 Å². The van der Waals surface area contributed by atoms with E-state index in [0.717, 1.165) is 47.7 Å². The van der Waals surface area contributed by atoms with Gasteiger partial charge in [-0.2, -0.15) is 10.5 Å². The molecule has 242 valence electrons. The van der Waals surface area contributed by atoms with E-state index in [1.165, 1.54) is 11.1 Å². The van der Waals surface area contributed by atoms with Crippen LogP contribution in [0.3, 0.4) is 0 Å². The molecule has 0 atom stereocenters. The summed E-state index contributed by atoms with van der Waals surface area (Å²) in [5.74, 6) is 0.579. The molecule has 0 unspecified atom stereocenters. The molecule has 0 bridgehead atoms. The van der Waals surface area contributed by atoms with E-state index in [4.69, 9.17) is 9.97 Å². The zero-order chi connectivity index (χ0) is 34.9. The molecular weight excluding hydrogens is 631 g/mol. The van der Waals surface area contributed by atoms with Gasteiger partial charge in [0.15, 0.2) is 5.82 Å². The predicted octanol–water partition coefficient (Wildman–Crippen LogP) is 11.6. The van der Waals surface area contributed by atoms with Crippen LogP contribution >= 0.6 is 11.3 Å². The van der Waals surface area contributed by atoms with Crippen LogP contribution in [0.15, 0.2) is 103 Å². The van der Waals surface area contributed by atoms with Gasteiger partial charge in [-0.3, -0.25) is 0 Å². The lowest BCUT2D eigenvalue weighted by molar-refractivity contribution is 0.590. The molecule has 0 radical (unpaired) electrons. The van der Waals surface area contributed by atoms with Crippen molar-refractivity contribution in [3.63, 3.8) is 0 Å². The first-order chi connectivity index (χ1) is 24.0. The predicted molar refractivity (Wildman–Crippen MR) is 207 cm³/mol. The van der Waals surface area contributed by atoms with Gasteiger partial charge in [-0.1, -0.05) is 102 Å². The normalized spacial score (nSPS) is 12.2. The SMILES string of the molecule is CC(C)(C)c1ccc2c(c1)c1cc(C(C)(C)C)ccc1n2-c1cc(C#N)c(-c2nc(-c3ccccc3)nc3c2sc2ccccc23)cc1C#N. The van der Waals surface area contributed by atoms with Crippen LogP contribution < -0.4 is 0 Å². The van der Waals surface area contributed by atoms with Crippen LogP contribution in [0.5, 0.6) is 0 Å². The van der Waals surface area contributed by atoms with Gasteiger partial charge < -0.3 is 4.57 Å². The van der Waals surface area contributed by atoms with Gasteiger partial charge in [0.2, 0.25) is 0 Å². The molecule has 6 heteroatoms. The van der Waals surface area contributed by atoms with E-state index < -0.39 is 0 Å². The van der Waals surface area contributed by atoms with Crippen molar-refractivity contribution in [3.8, 4) is 40.5 Å². The number of thiophene rings is 1. The Morgan fingerprint density at radius 1 is 0.620 bits per heavy atom. The average molecular weight is 666 g/mol. The second-order valence-corrected chi connectivity index (χ2v) is 16.0. The van der Waals surface area contributed by atoms with Gasteiger partial charge in [-0.05, 0) is 64.4 Å². The fourth-order valence-corrected chi connectivity index (χ4v) is 8.00. The number of rotatable bonds is 3. The third-order valence-electron chi connectivity index (χ3n) is 9.62. The molecule has 5 aromatic carbocycles. The summed E-state index contributed by atoms with van der Waals surface area (Å²) < 4.78 is 4.13. The number of nitriles is 2. The van der Waals surface area contributed by atoms with E-state index in [0.29, 0.717) is 33.9 Å². The van der Waals surface area contributed by atoms with Crippen molar-refractivity contribution < 1.29 is 0 Å². The van der Waals surface area contributed by atoms with E-state index in [1.54, 1.807) is 11.3 Å². The Bertz CT molecular complexity index is 2670. The van der Waals surface area contributed by atoms with Crippen molar-refractivity contribution in [1.82, 2.24) is 14.5 Å².